The second-order valence-electron chi connectivity index (χ2n) is 8.80. The second-order valence-corrected chi connectivity index (χ2v) is 8.80. The molecule has 3 atom stereocenters. The summed E-state index contributed by atoms with van der Waals surface area (Å²) in [5.41, 5.74) is 1.54. The molecule has 2 bridgehead atoms. The normalized spacial score (nSPS) is 28.3. The quantitative estimate of drug-likeness (QED) is 0.829. The number of quaternary nitrogens is 1. The predicted molar refractivity (Wildman–Crippen MR) is 103 cm³/mol. The van der Waals surface area contributed by atoms with Crippen LogP contribution in [-0.2, 0) is 4.79 Å². The SMILES string of the molecule is COc1cc(C#N)c(NC(=O)C[NH+]2CC[C@@]3(C)C[C@@H]2CC3(C)C)cc1OC. The molecule has 2 N–H and O–H groups in total. The third-order valence-corrected chi connectivity index (χ3v) is 6.97. The van der Waals surface area contributed by atoms with Crippen LogP contribution in [0.1, 0.15) is 45.6 Å². The van der Waals surface area contributed by atoms with E-state index in [0.29, 0.717) is 46.2 Å². The highest BCUT2D eigenvalue weighted by Crippen LogP contribution is 2.54. The number of methoxy groups -OCH3 is 2. The van der Waals surface area contributed by atoms with Crippen molar-refractivity contribution in [3.05, 3.63) is 17.7 Å². The Hall–Kier alpha value is -2.26. The first-order valence-electron chi connectivity index (χ1n) is 9.53. The lowest BCUT2D eigenvalue weighted by atomic mass is 9.67. The van der Waals surface area contributed by atoms with E-state index >= 15 is 0 Å². The van der Waals surface area contributed by atoms with E-state index in [-0.39, 0.29) is 5.91 Å². The van der Waals surface area contributed by atoms with E-state index in [1.54, 1.807) is 12.1 Å². The van der Waals surface area contributed by atoms with Crippen LogP contribution >= 0.6 is 0 Å². The molecule has 0 aromatic heterocycles. The molecule has 3 rings (SSSR count). The summed E-state index contributed by atoms with van der Waals surface area (Å²) in [5.74, 6) is 0.897. The summed E-state index contributed by atoms with van der Waals surface area (Å²) in [6.45, 7) is 8.56. The second kappa shape index (κ2) is 7.05. The fourth-order valence-electron chi connectivity index (χ4n) is 4.83. The molecule has 6 heteroatoms. The number of carbonyl (C=O) groups excluding carboxylic acids is 1. The van der Waals surface area contributed by atoms with Crippen molar-refractivity contribution in [2.45, 2.75) is 46.1 Å². The summed E-state index contributed by atoms with van der Waals surface area (Å²) < 4.78 is 10.5. The third kappa shape index (κ3) is 3.49. The van der Waals surface area contributed by atoms with Gasteiger partial charge >= 0.3 is 0 Å². The lowest BCUT2D eigenvalue weighted by Crippen LogP contribution is -3.17. The van der Waals surface area contributed by atoms with Crippen molar-refractivity contribution in [2.24, 2.45) is 10.8 Å². The first-order chi connectivity index (χ1) is 12.7. The summed E-state index contributed by atoms with van der Waals surface area (Å²) in [7, 11) is 3.06. The van der Waals surface area contributed by atoms with Crippen molar-refractivity contribution >= 4 is 11.6 Å². The number of nitriles is 1. The van der Waals surface area contributed by atoms with Crippen molar-refractivity contribution in [1.82, 2.24) is 0 Å². The Morgan fingerprint density at radius 2 is 1.93 bits per heavy atom. The molecule has 146 valence electrons. The van der Waals surface area contributed by atoms with E-state index in [9.17, 15) is 10.1 Å². The van der Waals surface area contributed by atoms with Crippen LogP contribution in [0.4, 0.5) is 5.69 Å². The van der Waals surface area contributed by atoms with Gasteiger partial charge in [0.25, 0.3) is 5.91 Å². The molecule has 1 unspecified atom stereocenters. The summed E-state index contributed by atoms with van der Waals surface area (Å²) >= 11 is 0. The molecular formula is C21H30N3O3+. The molecular weight excluding hydrogens is 342 g/mol. The first-order valence-corrected chi connectivity index (χ1v) is 9.53. The van der Waals surface area contributed by atoms with E-state index in [1.807, 2.05) is 0 Å². The molecule has 2 fully saturated rings. The van der Waals surface area contributed by atoms with Gasteiger partial charge in [0, 0.05) is 31.4 Å². The van der Waals surface area contributed by atoms with E-state index in [1.165, 1.54) is 25.5 Å². The van der Waals surface area contributed by atoms with Gasteiger partial charge in [-0.1, -0.05) is 20.8 Å². The average Bonchev–Trinajstić information content (AvgIpc) is 2.82. The van der Waals surface area contributed by atoms with Crippen LogP contribution in [0.2, 0.25) is 0 Å². The van der Waals surface area contributed by atoms with Crippen LogP contribution in [0.15, 0.2) is 12.1 Å². The number of ether oxygens (including phenoxy) is 2. The minimum atomic E-state index is -0.0676. The molecule has 0 spiro atoms. The Morgan fingerprint density at radius 1 is 1.26 bits per heavy atom. The predicted octanol–water partition coefficient (Wildman–Crippen LogP) is 2.00. The number of anilines is 1. The molecule has 1 aliphatic heterocycles. The molecule has 1 aliphatic carbocycles. The molecule has 1 saturated heterocycles. The van der Waals surface area contributed by atoms with Crippen LogP contribution in [0.25, 0.3) is 0 Å². The van der Waals surface area contributed by atoms with Gasteiger partial charge in [0.05, 0.1) is 38.1 Å². The monoisotopic (exact) mass is 372 g/mol. The number of hydrogen-bond donors (Lipinski definition) is 2. The minimum absolute atomic E-state index is 0.0676. The molecule has 1 saturated carbocycles. The number of likely N-dealkylation sites (tertiary alicyclic amines) is 1. The van der Waals surface area contributed by atoms with Gasteiger partial charge in [-0.05, 0) is 10.8 Å². The Kier molecular flexibility index (Phi) is 5.09. The number of nitrogens with one attached hydrogen (secondary N) is 2. The maximum atomic E-state index is 12.7. The average molecular weight is 372 g/mol. The highest BCUT2D eigenvalue weighted by molar-refractivity contribution is 5.93. The Labute approximate surface area is 161 Å². The van der Waals surface area contributed by atoms with E-state index in [4.69, 9.17) is 9.47 Å². The number of rotatable bonds is 5. The number of hydrogen-bond acceptors (Lipinski definition) is 4. The largest absolute Gasteiger partial charge is 0.493 e. The topological polar surface area (TPSA) is 75.8 Å². The van der Waals surface area contributed by atoms with Gasteiger partial charge in [-0.2, -0.15) is 5.26 Å². The smallest absolute Gasteiger partial charge is 0.279 e. The first kappa shape index (κ1) is 19.5. The number of amides is 1. The number of fused-ring (bicyclic) bond motifs is 2. The molecule has 6 nitrogen and oxygen atoms in total. The summed E-state index contributed by atoms with van der Waals surface area (Å²) in [6, 6.07) is 5.89. The van der Waals surface area contributed by atoms with Gasteiger partial charge < -0.3 is 19.7 Å². The van der Waals surface area contributed by atoms with Crippen LogP contribution < -0.4 is 19.7 Å². The van der Waals surface area contributed by atoms with Gasteiger partial charge in [-0.25, -0.2) is 0 Å². The maximum absolute atomic E-state index is 12.7. The highest BCUT2D eigenvalue weighted by atomic mass is 16.5. The third-order valence-electron chi connectivity index (χ3n) is 6.97. The zero-order valence-corrected chi connectivity index (χ0v) is 16.9. The lowest BCUT2D eigenvalue weighted by molar-refractivity contribution is -0.922. The van der Waals surface area contributed by atoms with Gasteiger partial charge in [0.15, 0.2) is 18.0 Å². The summed E-state index contributed by atoms with van der Waals surface area (Å²) in [6.07, 6.45) is 3.49. The number of piperidine rings is 1. The molecule has 27 heavy (non-hydrogen) atoms. The highest BCUT2D eigenvalue weighted by Gasteiger charge is 2.56. The van der Waals surface area contributed by atoms with E-state index in [0.717, 1.165) is 19.4 Å². The van der Waals surface area contributed by atoms with Gasteiger partial charge in [-0.3, -0.25) is 4.79 Å². The summed E-state index contributed by atoms with van der Waals surface area (Å²) in [5, 5.41) is 12.3. The fraction of sp³-hybridized carbons (Fsp3) is 0.619. The molecule has 1 aromatic rings. The van der Waals surface area contributed by atoms with Crippen molar-refractivity contribution < 1.29 is 19.2 Å². The number of nitrogens with zero attached hydrogens (tertiary/aromatic N) is 1. The Morgan fingerprint density at radius 3 is 2.56 bits per heavy atom. The van der Waals surface area contributed by atoms with Crippen molar-refractivity contribution in [3.8, 4) is 17.6 Å². The maximum Gasteiger partial charge on any atom is 0.279 e. The van der Waals surface area contributed by atoms with Crippen molar-refractivity contribution in [1.29, 1.82) is 5.26 Å². The van der Waals surface area contributed by atoms with Gasteiger partial charge in [0.1, 0.15) is 6.07 Å². The van der Waals surface area contributed by atoms with E-state index < -0.39 is 0 Å². The van der Waals surface area contributed by atoms with Crippen molar-refractivity contribution in [2.75, 3.05) is 32.6 Å². The fourth-order valence-corrected chi connectivity index (χ4v) is 4.83. The summed E-state index contributed by atoms with van der Waals surface area (Å²) in [4.78, 5) is 14.1. The Balaban J connectivity index is 1.71. The van der Waals surface area contributed by atoms with Crippen molar-refractivity contribution in [3.63, 3.8) is 0 Å². The van der Waals surface area contributed by atoms with Crippen LogP contribution in [-0.4, -0.2) is 39.3 Å². The Bertz CT molecular complexity index is 782. The number of carbonyl (C=O) groups is 1. The van der Waals surface area contributed by atoms with Crippen LogP contribution in [0.5, 0.6) is 11.5 Å². The van der Waals surface area contributed by atoms with Gasteiger partial charge in [0.2, 0.25) is 0 Å². The molecule has 1 aromatic carbocycles. The lowest BCUT2D eigenvalue weighted by Gasteiger charge is -2.40. The van der Waals surface area contributed by atoms with E-state index in [2.05, 4.69) is 32.2 Å². The van der Waals surface area contributed by atoms with Crippen LogP contribution in [0, 0.1) is 22.2 Å². The standard InChI is InChI=1S/C21H29N3O3/c1-20(2)10-15-11-21(20,3)6-7-24(15)13-19(25)23-16-9-18(27-5)17(26-4)8-14(16)12-22/h8-9,15H,6-7,10-11,13H2,1-5H3,(H,23,25)/p+1/t15-,21-/m0/s1. The number of benzene rings is 1. The zero-order chi connectivity index (χ0) is 19.8. The molecule has 2 aliphatic rings. The molecule has 1 heterocycles. The molecule has 0 radical (unpaired) electrons. The zero-order valence-electron chi connectivity index (χ0n) is 16.9. The van der Waals surface area contributed by atoms with Gasteiger partial charge in [-0.15, -0.1) is 0 Å². The van der Waals surface area contributed by atoms with Crippen LogP contribution in [0.3, 0.4) is 0 Å². The minimum Gasteiger partial charge on any atom is -0.493 e. The molecule has 1 amide bonds.